The Morgan fingerprint density at radius 2 is 1.81 bits per heavy atom. The Kier molecular flexibility index (Phi) is 4.56. The first-order chi connectivity index (χ1) is 10.2. The fraction of sp³-hybridized carbons (Fsp3) is 0.588. The number of hydrogen-bond acceptors (Lipinski definition) is 3. The molecule has 2 N–H and O–H groups in total. The van der Waals surface area contributed by atoms with Crippen LogP contribution in [0.15, 0.2) is 30.3 Å². The molecule has 1 amide bonds. The van der Waals surface area contributed by atoms with Crippen LogP contribution in [0.5, 0.6) is 0 Å². The normalized spacial score (nSPS) is 21.3. The Hall–Kier alpha value is -1.39. The Balaban J connectivity index is 1.46. The van der Waals surface area contributed by atoms with E-state index in [1.165, 1.54) is 19.4 Å². The summed E-state index contributed by atoms with van der Waals surface area (Å²) in [6, 6.07) is 9.60. The van der Waals surface area contributed by atoms with Gasteiger partial charge in [0, 0.05) is 32.7 Å². The van der Waals surface area contributed by atoms with Crippen LogP contribution in [0.4, 0.5) is 0 Å². The van der Waals surface area contributed by atoms with Gasteiger partial charge in [0.1, 0.15) is 0 Å². The summed E-state index contributed by atoms with van der Waals surface area (Å²) < 4.78 is 0. The highest BCUT2D eigenvalue weighted by molar-refractivity contribution is 5.82. The number of piperazine rings is 1. The van der Waals surface area contributed by atoms with Crippen molar-refractivity contribution in [3.05, 3.63) is 35.9 Å². The smallest absolute Gasteiger partial charge is 0.239 e. The standard InChI is InChI=1S/C17H25N3O/c18-16(12-14-4-2-1-3-5-14)17(21)20-10-8-19(9-11-20)13-15-6-7-15/h1-5,15-16H,6-13,18H2/t16-/m0/s1. The number of nitrogens with two attached hydrogens (primary N) is 1. The maximum absolute atomic E-state index is 12.4. The minimum Gasteiger partial charge on any atom is -0.339 e. The molecule has 1 saturated heterocycles. The largest absolute Gasteiger partial charge is 0.339 e. The molecule has 0 radical (unpaired) electrons. The number of rotatable bonds is 5. The zero-order chi connectivity index (χ0) is 14.7. The van der Waals surface area contributed by atoms with Crippen LogP contribution in [-0.2, 0) is 11.2 Å². The van der Waals surface area contributed by atoms with E-state index in [9.17, 15) is 4.79 Å². The molecule has 21 heavy (non-hydrogen) atoms. The Labute approximate surface area is 126 Å². The molecule has 0 spiro atoms. The second-order valence-electron chi connectivity index (χ2n) is 6.37. The average Bonchev–Trinajstić information content (AvgIpc) is 3.32. The Morgan fingerprint density at radius 1 is 1.14 bits per heavy atom. The van der Waals surface area contributed by atoms with Crippen molar-refractivity contribution in [3.8, 4) is 0 Å². The SMILES string of the molecule is N[C@@H](Cc1ccccc1)C(=O)N1CCN(CC2CC2)CC1. The fourth-order valence-electron chi connectivity index (χ4n) is 3.01. The van der Waals surface area contributed by atoms with Gasteiger partial charge in [-0.15, -0.1) is 0 Å². The first kappa shape index (κ1) is 14.5. The van der Waals surface area contributed by atoms with E-state index in [-0.39, 0.29) is 5.91 Å². The van der Waals surface area contributed by atoms with E-state index in [4.69, 9.17) is 5.73 Å². The van der Waals surface area contributed by atoms with Gasteiger partial charge in [-0.1, -0.05) is 30.3 Å². The molecule has 4 heteroatoms. The summed E-state index contributed by atoms with van der Waals surface area (Å²) in [7, 11) is 0. The lowest BCUT2D eigenvalue weighted by molar-refractivity contribution is -0.134. The van der Waals surface area contributed by atoms with Gasteiger partial charge in [0.05, 0.1) is 6.04 Å². The average molecular weight is 287 g/mol. The highest BCUT2D eigenvalue weighted by atomic mass is 16.2. The van der Waals surface area contributed by atoms with Crippen LogP contribution in [0.2, 0.25) is 0 Å². The van der Waals surface area contributed by atoms with E-state index in [0.29, 0.717) is 6.42 Å². The second kappa shape index (κ2) is 6.58. The van der Waals surface area contributed by atoms with Crippen LogP contribution < -0.4 is 5.73 Å². The van der Waals surface area contributed by atoms with Crippen molar-refractivity contribution < 1.29 is 4.79 Å². The van der Waals surface area contributed by atoms with E-state index in [2.05, 4.69) is 4.90 Å². The third-order valence-corrected chi connectivity index (χ3v) is 4.51. The van der Waals surface area contributed by atoms with E-state index in [1.807, 2.05) is 35.2 Å². The first-order valence-electron chi connectivity index (χ1n) is 8.03. The lowest BCUT2D eigenvalue weighted by Crippen LogP contribution is -2.53. The topological polar surface area (TPSA) is 49.6 Å². The fourth-order valence-corrected chi connectivity index (χ4v) is 3.01. The lowest BCUT2D eigenvalue weighted by Gasteiger charge is -2.36. The van der Waals surface area contributed by atoms with Crippen LogP contribution in [0.25, 0.3) is 0 Å². The number of carbonyl (C=O) groups is 1. The van der Waals surface area contributed by atoms with E-state index in [1.54, 1.807) is 0 Å². The van der Waals surface area contributed by atoms with Gasteiger partial charge in [0.25, 0.3) is 0 Å². The molecule has 114 valence electrons. The molecule has 0 unspecified atom stereocenters. The molecular weight excluding hydrogens is 262 g/mol. The zero-order valence-corrected chi connectivity index (χ0v) is 12.6. The monoisotopic (exact) mass is 287 g/mol. The molecule has 1 aromatic carbocycles. The summed E-state index contributed by atoms with van der Waals surface area (Å²) >= 11 is 0. The highest BCUT2D eigenvalue weighted by Crippen LogP contribution is 2.29. The minimum absolute atomic E-state index is 0.102. The molecule has 2 fully saturated rings. The molecule has 1 aliphatic carbocycles. The maximum atomic E-state index is 12.4. The third kappa shape index (κ3) is 4.05. The second-order valence-corrected chi connectivity index (χ2v) is 6.37. The quantitative estimate of drug-likeness (QED) is 0.882. The van der Waals surface area contributed by atoms with E-state index >= 15 is 0 Å². The Bertz CT molecular complexity index is 464. The molecule has 3 rings (SSSR count). The number of carbonyl (C=O) groups excluding carboxylic acids is 1. The molecule has 1 saturated carbocycles. The van der Waals surface area contributed by atoms with Crippen LogP contribution in [0.1, 0.15) is 18.4 Å². The summed E-state index contributed by atoms with van der Waals surface area (Å²) in [5.74, 6) is 1.03. The van der Waals surface area contributed by atoms with Gasteiger partial charge >= 0.3 is 0 Å². The summed E-state index contributed by atoms with van der Waals surface area (Å²) in [5, 5.41) is 0. The van der Waals surface area contributed by atoms with Gasteiger partial charge in [0.2, 0.25) is 5.91 Å². The predicted molar refractivity (Wildman–Crippen MR) is 83.9 cm³/mol. The molecule has 1 heterocycles. The van der Waals surface area contributed by atoms with Gasteiger partial charge in [-0.3, -0.25) is 9.69 Å². The van der Waals surface area contributed by atoms with Gasteiger partial charge in [0.15, 0.2) is 0 Å². The van der Waals surface area contributed by atoms with Crippen LogP contribution >= 0.6 is 0 Å². The first-order valence-corrected chi connectivity index (χ1v) is 8.03. The van der Waals surface area contributed by atoms with E-state index < -0.39 is 6.04 Å². The van der Waals surface area contributed by atoms with Gasteiger partial charge in [-0.2, -0.15) is 0 Å². The summed E-state index contributed by atoms with van der Waals surface area (Å²) in [6.07, 6.45) is 3.41. The Morgan fingerprint density at radius 3 is 2.43 bits per heavy atom. The van der Waals surface area contributed by atoms with E-state index in [0.717, 1.165) is 37.7 Å². The van der Waals surface area contributed by atoms with Crippen molar-refractivity contribution in [1.82, 2.24) is 9.80 Å². The third-order valence-electron chi connectivity index (χ3n) is 4.51. The van der Waals surface area contributed by atoms with Crippen molar-refractivity contribution in [2.75, 3.05) is 32.7 Å². The molecular formula is C17H25N3O. The molecule has 4 nitrogen and oxygen atoms in total. The van der Waals surface area contributed by atoms with Gasteiger partial charge in [-0.05, 0) is 30.7 Å². The molecule has 0 bridgehead atoms. The number of nitrogens with zero attached hydrogens (tertiary/aromatic N) is 2. The van der Waals surface area contributed by atoms with Gasteiger partial charge < -0.3 is 10.6 Å². The van der Waals surface area contributed by atoms with Crippen molar-refractivity contribution in [1.29, 1.82) is 0 Å². The van der Waals surface area contributed by atoms with Crippen molar-refractivity contribution in [2.24, 2.45) is 11.7 Å². The maximum Gasteiger partial charge on any atom is 0.239 e. The predicted octanol–water partition coefficient (Wildman–Crippen LogP) is 1.11. The molecule has 1 atom stereocenters. The lowest BCUT2D eigenvalue weighted by atomic mass is 10.1. The number of hydrogen-bond donors (Lipinski definition) is 1. The van der Waals surface area contributed by atoms with Gasteiger partial charge in [-0.25, -0.2) is 0 Å². The van der Waals surface area contributed by atoms with Crippen molar-refractivity contribution in [3.63, 3.8) is 0 Å². The number of amides is 1. The minimum atomic E-state index is -0.414. The zero-order valence-electron chi connectivity index (χ0n) is 12.6. The highest BCUT2D eigenvalue weighted by Gasteiger charge is 2.29. The van der Waals surface area contributed by atoms with Crippen LogP contribution in [-0.4, -0.2) is 54.5 Å². The van der Waals surface area contributed by atoms with Crippen LogP contribution in [0.3, 0.4) is 0 Å². The summed E-state index contributed by atoms with van der Waals surface area (Å²) in [5.41, 5.74) is 7.23. The summed E-state index contributed by atoms with van der Waals surface area (Å²) in [6.45, 7) is 4.88. The molecule has 1 aromatic rings. The molecule has 2 aliphatic rings. The molecule has 0 aromatic heterocycles. The van der Waals surface area contributed by atoms with Crippen molar-refractivity contribution >= 4 is 5.91 Å². The summed E-state index contributed by atoms with van der Waals surface area (Å²) in [4.78, 5) is 16.9. The molecule has 1 aliphatic heterocycles. The van der Waals surface area contributed by atoms with Crippen LogP contribution in [0, 0.1) is 5.92 Å². The van der Waals surface area contributed by atoms with Crippen molar-refractivity contribution in [2.45, 2.75) is 25.3 Å². The number of benzene rings is 1.